The molecule has 1 aliphatic heterocycles. The molecule has 0 N–H and O–H groups in total. The Balaban J connectivity index is 1.33. The van der Waals surface area contributed by atoms with Gasteiger partial charge in [0, 0.05) is 33.6 Å². The Morgan fingerprint density at radius 3 is 1.50 bits per heavy atom. The van der Waals surface area contributed by atoms with E-state index in [1.54, 1.807) is 0 Å². The normalized spacial score (nSPS) is 14.9. The standard InChI is InChI=1S/C46H44N2/c1-7-31-17-9-13-21-41(31)47(42-22-14-10-18-32(42)8-2)33-25-27-37-35(29-33)36-30-34(26-28-38(36)45(37,3)4)48-43-23-15-11-19-39(43)46(5,6)40-20-12-16-24-44(40)48/h9-30H,7-8H2,1-6H3. The van der Waals surface area contributed by atoms with E-state index in [1.807, 2.05) is 0 Å². The van der Waals surface area contributed by atoms with E-state index in [2.05, 4.69) is 185 Å². The van der Waals surface area contributed by atoms with Crippen LogP contribution in [0.4, 0.5) is 34.1 Å². The maximum Gasteiger partial charge on any atom is 0.0502 e. The number of benzene rings is 6. The minimum atomic E-state index is -0.102. The lowest BCUT2D eigenvalue weighted by atomic mass is 9.73. The molecule has 6 aromatic rings. The zero-order chi connectivity index (χ0) is 33.2. The lowest BCUT2D eigenvalue weighted by Gasteiger charge is -2.42. The molecule has 48 heavy (non-hydrogen) atoms. The molecule has 0 saturated heterocycles. The molecule has 2 nitrogen and oxygen atoms in total. The molecule has 1 heterocycles. The van der Waals surface area contributed by atoms with Gasteiger partial charge in [-0.3, -0.25) is 0 Å². The lowest BCUT2D eigenvalue weighted by molar-refractivity contribution is 0.632. The highest BCUT2D eigenvalue weighted by Crippen LogP contribution is 2.55. The minimum Gasteiger partial charge on any atom is -0.310 e. The van der Waals surface area contributed by atoms with Gasteiger partial charge in [0.2, 0.25) is 0 Å². The van der Waals surface area contributed by atoms with Crippen LogP contribution in [0.15, 0.2) is 133 Å². The summed E-state index contributed by atoms with van der Waals surface area (Å²) in [5, 5.41) is 0. The zero-order valence-electron chi connectivity index (χ0n) is 29.0. The largest absolute Gasteiger partial charge is 0.310 e. The van der Waals surface area contributed by atoms with Gasteiger partial charge < -0.3 is 9.80 Å². The summed E-state index contributed by atoms with van der Waals surface area (Å²) in [4.78, 5) is 4.97. The number of hydrogen-bond donors (Lipinski definition) is 0. The third-order valence-corrected chi connectivity index (χ3v) is 11.0. The summed E-state index contributed by atoms with van der Waals surface area (Å²) in [6, 6.07) is 49.9. The molecule has 0 atom stereocenters. The first kappa shape index (κ1) is 30.3. The molecule has 0 fully saturated rings. The molecular weight excluding hydrogens is 581 g/mol. The molecule has 0 saturated carbocycles. The van der Waals surface area contributed by atoms with E-state index >= 15 is 0 Å². The van der Waals surface area contributed by atoms with E-state index in [0.717, 1.165) is 12.8 Å². The fourth-order valence-corrected chi connectivity index (χ4v) is 8.43. The first-order valence-corrected chi connectivity index (χ1v) is 17.5. The summed E-state index contributed by atoms with van der Waals surface area (Å²) in [6.45, 7) is 14.0. The molecule has 6 aromatic carbocycles. The van der Waals surface area contributed by atoms with Crippen molar-refractivity contribution in [3.63, 3.8) is 0 Å². The van der Waals surface area contributed by atoms with Crippen molar-refractivity contribution in [2.24, 2.45) is 0 Å². The Kier molecular flexibility index (Phi) is 7.11. The topological polar surface area (TPSA) is 6.48 Å². The van der Waals surface area contributed by atoms with E-state index in [-0.39, 0.29) is 10.8 Å². The van der Waals surface area contributed by atoms with Crippen LogP contribution >= 0.6 is 0 Å². The number of para-hydroxylation sites is 4. The van der Waals surface area contributed by atoms with Crippen LogP contribution in [0.25, 0.3) is 11.1 Å². The fraction of sp³-hybridized carbons (Fsp3) is 0.217. The van der Waals surface area contributed by atoms with Gasteiger partial charge in [-0.2, -0.15) is 0 Å². The number of fused-ring (bicyclic) bond motifs is 5. The molecule has 0 amide bonds. The van der Waals surface area contributed by atoms with Crippen molar-refractivity contribution in [3.8, 4) is 11.1 Å². The van der Waals surface area contributed by atoms with E-state index in [1.165, 1.54) is 78.6 Å². The molecule has 0 spiro atoms. The molecule has 0 unspecified atom stereocenters. The zero-order valence-corrected chi connectivity index (χ0v) is 29.0. The van der Waals surface area contributed by atoms with Crippen LogP contribution in [0.1, 0.15) is 74.9 Å². The Morgan fingerprint density at radius 1 is 0.479 bits per heavy atom. The van der Waals surface area contributed by atoms with Crippen molar-refractivity contribution in [1.29, 1.82) is 0 Å². The number of rotatable bonds is 6. The third kappa shape index (κ3) is 4.46. The number of nitrogens with zero attached hydrogens (tertiary/aromatic N) is 2. The predicted molar refractivity (Wildman–Crippen MR) is 204 cm³/mol. The van der Waals surface area contributed by atoms with Crippen molar-refractivity contribution in [2.45, 2.75) is 65.2 Å². The van der Waals surface area contributed by atoms with Crippen molar-refractivity contribution in [2.75, 3.05) is 9.80 Å². The molecule has 0 bridgehead atoms. The highest BCUT2D eigenvalue weighted by Gasteiger charge is 2.39. The van der Waals surface area contributed by atoms with Gasteiger partial charge in [-0.25, -0.2) is 0 Å². The molecule has 8 rings (SSSR count). The van der Waals surface area contributed by atoms with Crippen molar-refractivity contribution in [1.82, 2.24) is 0 Å². The first-order chi connectivity index (χ1) is 23.3. The third-order valence-electron chi connectivity index (χ3n) is 11.0. The van der Waals surface area contributed by atoms with Crippen LogP contribution in [0.3, 0.4) is 0 Å². The molecule has 0 radical (unpaired) electrons. The highest BCUT2D eigenvalue weighted by molar-refractivity contribution is 5.92. The van der Waals surface area contributed by atoms with Gasteiger partial charge in [0.25, 0.3) is 0 Å². The molecule has 238 valence electrons. The smallest absolute Gasteiger partial charge is 0.0502 e. The minimum absolute atomic E-state index is 0.0864. The second kappa shape index (κ2) is 11.3. The maximum atomic E-state index is 2.49. The Hall–Kier alpha value is -5.08. The van der Waals surface area contributed by atoms with Crippen LogP contribution < -0.4 is 9.80 Å². The predicted octanol–water partition coefficient (Wildman–Crippen LogP) is 12.7. The summed E-state index contributed by atoms with van der Waals surface area (Å²) in [7, 11) is 0. The summed E-state index contributed by atoms with van der Waals surface area (Å²) < 4.78 is 0. The first-order valence-electron chi connectivity index (χ1n) is 17.5. The maximum absolute atomic E-state index is 2.49. The molecule has 2 aliphatic rings. The summed E-state index contributed by atoms with van der Waals surface area (Å²) in [6.07, 6.45) is 1.95. The SMILES string of the molecule is CCc1ccccc1N(c1ccc2c(c1)-c1cc(N3c4ccccc4C(C)(C)c4ccccc43)ccc1C2(C)C)c1ccccc1CC. The van der Waals surface area contributed by atoms with Gasteiger partial charge in [0.15, 0.2) is 0 Å². The second-order valence-electron chi connectivity index (χ2n) is 14.4. The van der Waals surface area contributed by atoms with Gasteiger partial charge in [0.05, 0.1) is 11.4 Å². The van der Waals surface area contributed by atoms with Gasteiger partial charge in [-0.05, 0) is 106 Å². The Labute approximate surface area is 286 Å². The Morgan fingerprint density at radius 2 is 0.938 bits per heavy atom. The van der Waals surface area contributed by atoms with Crippen molar-refractivity contribution >= 4 is 34.1 Å². The van der Waals surface area contributed by atoms with E-state index in [0.29, 0.717) is 0 Å². The van der Waals surface area contributed by atoms with E-state index < -0.39 is 0 Å². The Bertz CT molecular complexity index is 2090. The number of hydrogen-bond acceptors (Lipinski definition) is 2. The van der Waals surface area contributed by atoms with E-state index in [4.69, 9.17) is 0 Å². The average Bonchev–Trinajstić information content (AvgIpc) is 3.34. The monoisotopic (exact) mass is 624 g/mol. The van der Waals surface area contributed by atoms with Crippen LogP contribution in [0.5, 0.6) is 0 Å². The van der Waals surface area contributed by atoms with Gasteiger partial charge >= 0.3 is 0 Å². The number of aryl methyl sites for hydroxylation is 2. The highest BCUT2D eigenvalue weighted by atomic mass is 15.2. The lowest BCUT2D eigenvalue weighted by Crippen LogP contribution is -2.30. The van der Waals surface area contributed by atoms with Crippen LogP contribution in [0.2, 0.25) is 0 Å². The molecule has 1 aliphatic carbocycles. The van der Waals surface area contributed by atoms with Crippen molar-refractivity contribution in [3.05, 3.63) is 167 Å². The fourth-order valence-electron chi connectivity index (χ4n) is 8.43. The average molecular weight is 625 g/mol. The second-order valence-corrected chi connectivity index (χ2v) is 14.4. The van der Waals surface area contributed by atoms with Gasteiger partial charge in [0.1, 0.15) is 0 Å². The van der Waals surface area contributed by atoms with E-state index in [9.17, 15) is 0 Å². The molecule has 0 aromatic heterocycles. The van der Waals surface area contributed by atoms with Crippen LogP contribution in [-0.2, 0) is 23.7 Å². The molecule has 2 heteroatoms. The van der Waals surface area contributed by atoms with Gasteiger partial charge in [-0.15, -0.1) is 0 Å². The van der Waals surface area contributed by atoms with Gasteiger partial charge in [-0.1, -0.05) is 126 Å². The quantitative estimate of drug-likeness (QED) is 0.182. The van der Waals surface area contributed by atoms with Crippen LogP contribution in [-0.4, -0.2) is 0 Å². The van der Waals surface area contributed by atoms with Crippen LogP contribution in [0, 0.1) is 0 Å². The summed E-state index contributed by atoms with van der Waals surface area (Å²) in [5.74, 6) is 0. The molecular formula is C46H44N2. The van der Waals surface area contributed by atoms with Crippen molar-refractivity contribution < 1.29 is 0 Å². The summed E-state index contributed by atoms with van der Waals surface area (Å²) >= 11 is 0. The number of anilines is 6. The summed E-state index contributed by atoms with van der Waals surface area (Å²) in [5.41, 5.74) is 18.0.